The number of benzene rings is 1. The summed E-state index contributed by atoms with van der Waals surface area (Å²) in [5, 5.41) is 5.08. The first-order valence-corrected chi connectivity index (χ1v) is 21.3. The molecule has 8 saturated carbocycles. The second-order valence-corrected chi connectivity index (χ2v) is 21.0. The summed E-state index contributed by atoms with van der Waals surface area (Å²) in [4.78, 5) is 0. The third-order valence-electron chi connectivity index (χ3n) is 12.6. The van der Waals surface area contributed by atoms with E-state index < -0.39 is 10.1 Å². The van der Waals surface area contributed by atoms with Gasteiger partial charge in [0.25, 0.3) is 0 Å². The second kappa shape index (κ2) is 15.0. The Balaban J connectivity index is 0.000000170. The quantitative estimate of drug-likeness (QED) is 0.131. The summed E-state index contributed by atoms with van der Waals surface area (Å²) >= 11 is 0. The minimum atomic E-state index is -3.92. The number of rotatable bonds is 7. The van der Waals surface area contributed by atoms with E-state index in [0.29, 0.717) is 6.26 Å². The number of hydrogen-bond acceptors (Lipinski definition) is 4. The topological polar surface area (TPSA) is 69.2 Å². The third-order valence-corrected chi connectivity index (χ3v) is 17.2. The molecule has 0 heterocycles. The summed E-state index contributed by atoms with van der Waals surface area (Å²) in [6, 6.07) is 11.8. The molecule has 10 rings (SSSR count). The van der Waals surface area contributed by atoms with E-state index in [-0.39, 0.29) is 28.3 Å². The molecule has 9 aliphatic carbocycles. The van der Waals surface area contributed by atoms with Gasteiger partial charge in [0, 0.05) is 14.2 Å². The Morgan fingerprint density at radius 1 is 0.844 bits per heavy atom. The van der Waals surface area contributed by atoms with Crippen LogP contribution in [0.5, 0.6) is 0 Å². The fraction of sp³-hybridized carbons (Fsp3) is 0.711. The average Bonchev–Trinajstić information content (AvgIpc) is 2.96. The van der Waals surface area contributed by atoms with Crippen molar-refractivity contribution >= 4 is 23.6 Å². The molecular weight excluding hydrogens is 688 g/mol. The van der Waals surface area contributed by atoms with Gasteiger partial charge in [0.1, 0.15) is 0 Å². The van der Waals surface area contributed by atoms with Gasteiger partial charge in [-0.3, -0.25) is 0 Å². The van der Waals surface area contributed by atoms with Crippen LogP contribution in [0.25, 0.3) is 5.57 Å². The zero-order valence-corrected chi connectivity index (χ0v) is 31.2. The van der Waals surface area contributed by atoms with Gasteiger partial charge in [-0.25, -0.2) is 8.42 Å². The summed E-state index contributed by atoms with van der Waals surface area (Å²) < 4.78 is 27.2. The van der Waals surface area contributed by atoms with E-state index in [9.17, 15) is 0 Å². The van der Waals surface area contributed by atoms with Crippen LogP contribution >= 0.6 is 7.92 Å². The van der Waals surface area contributed by atoms with E-state index >= 15 is 0 Å². The minimum Gasteiger partial charge on any atom is -0.748 e. The summed E-state index contributed by atoms with van der Waals surface area (Å²) in [5.41, 5.74) is 2.58. The van der Waals surface area contributed by atoms with Crippen molar-refractivity contribution in [3.63, 3.8) is 0 Å². The number of unbranched alkanes of at least 4 members (excludes halogenated alkanes) is 1. The van der Waals surface area contributed by atoms with E-state index in [1.165, 1.54) is 59.1 Å². The van der Waals surface area contributed by atoms with Gasteiger partial charge >= 0.3 is 20.4 Å². The van der Waals surface area contributed by atoms with Gasteiger partial charge in [0.05, 0.1) is 26.6 Å². The molecule has 0 spiro atoms. The molecule has 0 saturated heterocycles. The van der Waals surface area contributed by atoms with Gasteiger partial charge in [0.2, 0.25) is 0 Å². The molecule has 9 aliphatic rings. The van der Waals surface area contributed by atoms with Crippen molar-refractivity contribution in [3.8, 4) is 0 Å². The van der Waals surface area contributed by atoms with Crippen molar-refractivity contribution in [1.29, 1.82) is 0 Å². The summed E-state index contributed by atoms with van der Waals surface area (Å²) in [5.74, 6) is 7.01. The first-order chi connectivity index (χ1) is 21.1. The standard InChI is InChI=1S/C24H39P.C13H14N.CH4O3S.Pd/c1-2-3-4-25(23-11-17-5-18(12-23)7-19(6-17)13-23)24-14-20-8-21(15-24)10-22(9-20)16-24;1-14-13-10-6-5-9-12(13)11-7-3-2-4-8-11;1-5(2,3)4;/h17-22H,2-16H2,1H3;2-9,14H,10H2,1H3;1H3,(H,2,3,4);/q;-1;;+2. The minimum absolute atomic E-state index is 0. The fourth-order valence-corrected chi connectivity index (χ4v) is 18.2. The van der Waals surface area contributed by atoms with Crippen LogP contribution in [0.15, 0.2) is 48.6 Å². The molecule has 252 valence electrons. The van der Waals surface area contributed by atoms with Crippen molar-refractivity contribution in [2.45, 2.75) is 114 Å². The van der Waals surface area contributed by atoms with Crippen LogP contribution in [0.4, 0.5) is 0 Å². The van der Waals surface area contributed by atoms with Crippen LogP contribution < -0.4 is 5.32 Å². The molecule has 8 fully saturated rings. The predicted molar refractivity (Wildman–Crippen MR) is 186 cm³/mol. The second-order valence-electron chi connectivity index (χ2n) is 16.0. The summed E-state index contributed by atoms with van der Waals surface area (Å²) in [6.07, 6.45) is 32.9. The molecule has 0 unspecified atom stereocenters. The number of likely N-dealkylation sites (N-methyl/N-ethyl adjacent to an activating group) is 1. The first kappa shape index (κ1) is 35.8. The average molecular weight is 745 g/mol. The maximum atomic E-state index is 9.08. The number of nitrogens with one attached hydrogen (secondary N) is 1. The molecule has 0 radical (unpaired) electrons. The van der Waals surface area contributed by atoms with Gasteiger partial charge in [-0.15, -0.1) is 35.9 Å². The maximum Gasteiger partial charge on any atom is 2.00 e. The van der Waals surface area contributed by atoms with Crippen LogP contribution in [0.3, 0.4) is 0 Å². The van der Waals surface area contributed by atoms with Crippen molar-refractivity contribution < 1.29 is 33.4 Å². The van der Waals surface area contributed by atoms with Gasteiger partial charge in [-0.05, 0) is 132 Å². The fourth-order valence-electron chi connectivity index (χ4n) is 12.1. The Hall–Kier alpha value is -0.468. The van der Waals surface area contributed by atoms with Crippen molar-refractivity contribution in [1.82, 2.24) is 5.32 Å². The van der Waals surface area contributed by atoms with Gasteiger partial charge in [-0.1, -0.05) is 31.5 Å². The molecule has 1 N–H and O–H groups in total. The SMILES string of the molecule is CCCC[PH+](C12CC3CC(CC(C3)C1)C2)C12CC3CC(CC(C3)C1)C2.CN[C-]1CC=CC=C1c1ccccc1.CS(=O)(=O)[O-].[Pd+2]. The van der Waals surface area contributed by atoms with Crippen molar-refractivity contribution in [2.24, 2.45) is 35.5 Å². The monoisotopic (exact) mass is 744 g/mol. The summed E-state index contributed by atoms with van der Waals surface area (Å²) in [7, 11) is -2.13. The molecule has 8 bridgehead atoms. The molecule has 4 nitrogen and oxygen atoms in total. The molecular formula is C38H57NO3PPdS+. The molecule has 7 heteroatoms. The van der Waals surface area contributed by atoms with Gasteiger partial charge in [0.15, 0.2) is 0 Å². The Morgan fingerprint density at radius 2 is 1.27 bits per heavy atom. The van der Waals surface area contributed by atoms with Crippen LogP contribution in [-0.4, -0.2) is 42.7 Å². The zero-order chi connectivity index (χ0) is 31.0. The molecule has 0 atom stereocenters. The molecule has 1 aromatic rings. The van der Waals surface area contributed by atoms with Crippen LogP contribution in [0, 0.1) is 41.5 Å². The van der Waals surface area contributed by atoms with E-state index in [1.54, 1.807) is 89.6 Å². The molecule has 0 aliphatic heterocycles. The van der Waals surface area contributed by atoms with E-state index in [4.69, 9.17) is 13.0 Å². The van der Waals surface area contributed by atoms with Gasteiger partial charge in [-0.2, -0.15) is 11.6 Å². The number of hydrogen-bond donors (Lipinski definition) is 1. The first-order valence-electron chi connectivity index (χ1n) is 17.8. The van der Waals surface area contributed by atoms with E-state index in [0.717, 1.165) is 16.7 Å². The Morgan fingerprint density at radius 3 is 1.64 bits per heavy atom. The van der Waals surface area contributed by atoms with Gasteiger partial charge < -0.3 is 9.87 Å². The van der Waals surface area contributed by atoms with Crippen LogP contribution in [0.1, 0.15) is 109 Å². The largest absolute Gasteiger partial charge is 2.00 e. The zero-order valence-electron chi connectivity index (χ0n) is 27.8. The number of allylic oxidation sites excluding steroid dienone is 2. The van der Waals surface area contributed by atoms with Crippen LogP contribution in [-0.2, 0) is 30.5 Å². The molecule has 1 aromatic carbocycles. The molecule has 0 aromatic heterocycles. The Labute approximate surface area is 289 Å². The third kappa shape index (κ3) is 8.40. The maximum absolute atomic E-state index is 9.08. The summed E-state index contributed by atoms with van der Waals surface area (Å²) in [6.45, 7) is 2.46. The normalized spacial score (nSPS) is 37.5. The van der Waals surface area contributed by atoms with E-state index in [2.05, 4.69) is 54.7 Å². The Kier molecular flexibility index (Phi) is 11.9. The van der Waals surface area contributed by atoms with Crippen molar-refractivity contribution in [2.75, 3.05) is 19.5 Å². The van der Waals surface area contributed by atoms with Crippen molar-refractivity contribution in [3.05, 3.63) is 60.2 Å². The Bertz CT molecular complexity index is 1170. The predicted octanol–water partition coefficient (Wildman–Crippen LogP) is 8.88. The van der Waals surface area contributed by atoms with E-state index in [1.807, 2.05) is 13.1 Å². The smallest absolute Gasteiger partial charge is 0.748 e. The molecule has 45 heavy (non-hydrogen) atoms. The van der Waals surface area contributed by atoms with Crippen LogP contribution in [0.2, 0.25) is 0 Å². The molecule has 0 amide bonds.